The van der Waals surface area contributed by atoms with Crippen molar-refractivity contribution in [1.29, 1.82) is 0 Å². The van der Waals surface area contributed by atoms with Crippen LogP contribution < -0.4 is 0 Å². The highest BCUT2D eigenvalue weighted by molar-refractivity contribution is 5.96. The summed E-state index contributed by atoms with van der Waals surface area (Å²) in [6.45, 7) is 4.47. The first kappa shape index (κ1) is 13.5. The second-order valence-corrected chi connectivity index (χ2v) is 4.20. The Balaban J connectivity index is 2.05. The van der Waals surface area contributed by atoms with Gasteiger partial charge in [0.25, 0.3) is 5.91 Å². The van der Waals surface area contributed by atoms with Gasteiger partial charge < -0.3 is 14.4 Å². The third-order valence-electron chi connectivity index (χ3n) is 2.94. The lowest BCUT2D eigenvalue weighted by atomic mass is 10.1. The maximum atomic E-state index is 12.2. The molecule has 1 amide bonds. The van der Waals surface area contributed by atoms with Crippen molar-refractivity contribution < 1.29 is 19.1 Å². The minimum atomic E-state index is -0.368. The molecule has 0 spiro atoms. The zero-order valence-electron chi connectivity index (χ0n) is 10.9. The molecule has 0 unspecified atom stereocenters. The summed E-state index contributed by atoms with van der Waals surface area (Å²) in [5, 5.41) is 0. The molecule has 1 aliphatic heterocycles. The maximum Gasteiger partial charge on any atom is 0.338 e. The number of rotatable bonds is 3. The molecule has 19 heavy (non-hydrogen) atoms. The number of hydrogen-bond donors (Lipinski definition) is 0. The predicted molar refractivity (Wildman–Crippen MR) is 69.1 cm³/mol. The summed E-state index contributed by atoms with van der Waals surface area (Å²) in [5.74, 6) is -0.397. The van der Waals surface area contributed by atoms with Gasteiger partial charge in [0.05, 0.1) is 25.4 Å². The minimum Gasteiger partial charge on any atom is -0.462 e. The molecule has 1 saturated heterocycles. The normalized spacial score (nSPS) is 15.1. The van der Waals surface area contributed by atoms with E-state index < -0.39 is 0 Å². The summed E-state index contributed by atoms with van der Waals surface area (Å²) < 4.78 is 10.1. The molecule has 1 aromatic carbocycles. The molecule has 0 atom stereocenters. The van der Waals surface area contributed by atoms with E-state index in [0.717, 1.165) is 0 Å². The summed E-state index contributed by atoms with van der Waals surface area (Å²) in [4.78, 5) is 25.4. The SMILES string of the molecule is CCOC(=O)c1ccc(C(=O)N2CCOCC2)cc1. The van der Waals surface area contributed by atoms with E-state index in [0.29, 0.717) is 44.0 Å². The highest BCUT2D eigenvalue weighted by Crippen LogP contribution is 2.10. The molecule has 5 heteroatoms. The van der Waals surface area contributed by atoms with Gasteiger partial charge in [-0.1, -0.05) is 0 Å². The average molecular weight is 263 g/mol. The Kier molecular flexibility index (Phi) is 4.52. The molecule has 0 saturated carbocycles. The maximum absolute atomic E-state index is 12.2. The Bertz CT molecular complexity index is 449. The first-order valence-electron chi connectivity index (χ1n) is 6.36. The monoisotopic (exact) mass is 263 g/mol. The molecule has 0 aliphatic carbocycles. The predicted octanol–water partition coefficient (Wildman–Crippen LogP) is 1.34. The third kappa shape index (κ3) is 3.32. The van der Waals surface area contributed by atoms with Crippen LogP contribution >= 0.6 is 0 Å². The van der Waals surface area contributed by atoms with Crippen molar-refractivity contribution in [3.63, 3.8) is 0 Å². The van der Waals surface area contributed by atoms with Crippen molar-refractivity contribution in [3.05, 3.63) is 35.4 Å². The topological polar surface area (TPSA) is 55.8 Å². The summed E-state index contributed by atoms with van der Waals surface area (Å²) >= 11 is 0. The van der Waals surface area contributed by atoms with Crippen molar-refractivity contribution in [2.24, 2.45) is 0 Å². The van der Waals surface area contributed by atoms with Crippen LogP contribution in [0.25, 0.3) is 0 Å². The second kappa shape index (κ2) is 6.33. The van der Waals surface area contributed by atoms with Crippen molar-refractivity contribution >= 4 is 11.9 Å². The van der Waals surface area contributed by atoms with Crippen LogP contribution in [0.5, 0.6) is 0 Å². The van der Waals surface area contributed by atoms with Gasteiger partial charge in [0.1, 0.15) is 0 Å². The zero-order valence-corrected chi connectivity index (χ0v) is 10.9. The van der Waals surface area contributed by atoms with Crippen LogP contribution in [0.4, 0.5) is 0 Å². The van der Waals surface area contributed by atoms with Crippen molar-refractivity contribution in [3.8, 4) is 0 Å². The van der Waals surface area contributed by atoms with E-state index in [2.05, 4.69) is 0 Å². The summed E-state index contributed by atoms with van der Waals surface area (Å²) in [7, 11) is 0. The summed E-state index contributed by atoms with van der Waals surface area (Å²) in [5.41, 5.74) is 1.04. The lowest BCUT2D eigenvalue weighted by Crippen LogP contribution is -2.40. The molecule has 0 radical (unpaired) electrons. The number of ether oxygens (including phenoxy) is 2. The number of amides is 1. The number of nitrogens with zero attached hydrogens (tertiary/aromatic N) is 1. The van der Waals surface area contributed by atoms with Gasteiger partial charge in [0, 0.05) is 18.7 Å². The molecule has 2 rings (SSSR count). The highest BCUT2D eigenvalue weighted by Gasteiger charge is 2.18. The van der Waals surface area contributed by atoms with Gasteiger partial charge in [-0.15, -0.1) is 0 Å². The van der Waals surface area contributed by atoms with Crippen molar-refractivity contribution in [2.75, 3.05) is 32.9 Å². The molecule has 0 aromatic heterocycles. The van der Waals surface area contributed by atoms with Crippen molar-refractivity contribution in [1.82, 2.24) is 4.90 Å². The number of hydrogen-bond acceptors (Lipinski definition) is 4. The Morgan fingerprint density at radius 2 is 1.74 bits per heavy atom. The van der Waals surface area contributed by atoms with Gasteiger partial charge in [-0.05, 0) is 31.2 Å². The van der Waals surface area contributed by atoms with Crippen molar-refractivity contribution in [2.45, 2.75) is 6.92 Å². The van der Waals surface area contributed by atoms with E-state index in [1.54, 1.807) is 36.1 Å². The minimum absolute atomic E-state index is 0.0290. The van der Waals surface area contributed by atoms with Crippen LogP contribution in [0.3, 0.4) is 0 Å². The lowest BCUT2D eigenvalue weighted by Gasteiger charge is -2.26. The van der Waals surface area contributed by atoms with Crippen LogP contribution in [-0.2, 0) is 9.47 Å². The summed E-state index contributed by atoms with van der Waals surface area (Å²) in [6.07, 6.45) is 0. The average Bonchev–Trinajstić information content (AvgIpc) is 2.48. The molecule has 5 nitrogen and oxygen atoms in total. The fraction of sp³-hybridized carbons (Fsp3) is 0.429. The fourth-order valence-electron chi connectivity index (χ4n) is 1.91. The van der Waals surface area contributed by atoms with E-state index in [1.165, 1.54) is 0 Å². The second-order valence-electron chi connectivity index (χ2n) is 4.20. The summed E-state index contributed by atoms with van der Waals surface area (Å²) in [6, 6.07) is 6.55. The largest absolute Gasteiger partial charge is 0.462 e. The molecule has 1 aromatic rings. The number of esters is 1. The van der Waals surface area contributed by atoms with E-state index in [4.69, 9.17) is 9.47 Å². The van der Waals surface area contributed by atoms with Gasteiger partial charge in [0.2, 0.25) is 0 Å². The third-order valence-corrected chi connectivity index (χ3v) is 2.94. The number of carbonyl (C=O) groups is 2. The van der Waals surface area contributed by atoms with Crippen LogP contribution in [0.2, 0.25) is 0 Å². The molecule has 1 fully saturated rings. The smallest absolute Gasteiger partial charge is 0.338 e. The van der Waals surface area contributed by atoms with E-state index in [-0.39, 0.29) is 11.9 Å². The van der Waals surface area contributed by atoms with E-state index in [1.807, 2.05) is 0 Å². The first-order chi connectivity index (χ1) is 9.22. The number of benzene rings is 1. The van der Waals surface area contributed by atoms with Crippen LogP contribution in [0.15, 0.2) is 24.3 Å². The highest BCUT2D eigenvalue weighted by atomic mass is 16.5. The Hall–Kier alpha value is -1.88. The quantitative estimate of drug-likeness (QED) is 0.772. The molecule has 1 aliphatic rings. The molecule has 102 valence electrons. The molecule has 0 bridgehead atoms. The van der Waals surface area contributed by atoms with Crippen LogP contribution in [0.1, 0.15) is 27.6 Å². The Morgan fingerprint density at radius 3 is 2.32 bits per heavy atom. The first-order valence-corrected chi connectivity index (χ1v) is 6.36. The lowest BCUT2D eigenvalue weighted by molar-refractivity contribution is 0.0302. The van der Waals surface area contributed by atoms with Crippen LogP contribution in [-0.4, -0.2) is 49.7 Å². The fourth-order valence-corrected chi connectivity index (χ4v) is 1.91. The van der Waals surface area contributed by atoms with Gasteiger partial charge in [0.15, 0.2) is 0 Å². The van der Waals surface area contributed by atoms with Gasteiger partial charge in [-0.25, -0.2) is 4.79 Å². The van der Waals surface area contributed by atoms with Gasteiger partial charge >= 0.3 is 5.97 Å². The Labute approximate surface area is 112 Å². The molecular formula is C14H17NO4. The Morgan fingerprint density at radius 1 is 1.16 bits per heavy atom. The zero-order chi connectivity index (χ0) is 13.7. The molecular weight excluding hydrogens is 246 g/mol. The molecule has 1 heterocycles. The van der Waals surface area contributed by atoms with E-state index in [9.17, 15) is 9.59 Å². The number of carbonyl (C=O) groups excluding carboxylic acids is 2. The van der Waals surface area contributed by atoms with Gasteiger partial charge in [-0.3, -0.25) is 4.79 Å². The standard InChI is InChI=1S/C14H17NO4/c1-2-19-14(17)12-5-3-11(4-6-12)13(16)15-7-9-18-10-8-15/h3-6H,2,7-10H2,1H3. The number of morpholine rings is 1. The van der Waals surface area contributed by atoms with Crippen LogP contribution in [0, 0.1) is 0 Å². The molecule has 0 N–H and O–H groups in total. The van der Waals surface area contributed by atoms with E-state index >= 15 is 0 Å². The van der Waals surface area contributed by atoms with Gasteiger partial charge in [-0.2, -0.15) is 0 Å².